The van der Waals surface area contributed by atoms with Crippen LogP contribution in [0.1, 0.15) is 15.9 Å². The lowest BCUT2D eigenvalue weighted by Gasteiger charge is -2.19. The summed E-state index contributed by atoms with van der Waals surface area (Å²) in [5, 5.41) is 2.03. The van der Waals surface area contributed by atoms with Crippen LogP contribution in [-0.2, 0) is 0 Å². The first-order chi connectivity index (χ1) is 12.7. The molecule has 3 aromatic rings. The van der Waals surface area contributed by atoms with Crippen molar-refractivity contribution in [2.45, 2.75) is 0 Å². The zero-order valence-corrected chi connectivity index (χ0v) is 14.4. The van der Waals surface area contributed by atoms with Crippen molar-refractivity contribution in [3.05, 3.63) is 71.8 Å². The third kappa shape index (κ3) is 3.14. The molecule has 0 amide bonds. The number of para-hydroxylation sites is 1. The molecule has 0 aliphatic carbocycles. The number of allylic oxidation sites excluding steroid dienone is 1. The summed E-state index contributed by atoms with van der Waals surface area (Å²) in [6, 6.07) is 17.1. The fourth-order valence-electron chi connectivity index (χ4n) is 2.99. The molecule has 0 bridgehead atoms. The van der Waals surface area contributed by atoms with Crippen LogP contribution in [0.2, 0.25) is 0 Å². The van der Waals surface area contributed by atoms with Gasteiger partial charge in [0.2, 0.25) is 0 Å². The molecule has 4 heteroatoms. The molecule has 0 N–H and O–H groups in total. The number of hydrogen-bond acceptors (Lipinski definition) is 4. The summed E-state index contributed by atoms with van der Waals surface area (Å²) in [4.78, 5) is 12.6. The van der Waals surface area contributed by atoms with E-state index in [1.165, 1.54) is 0 Å². The molecule has 4 rings (SSSR count). The molecular formula is C22H18O4. The van der Waals surface area contributed by atoms with Crippen molar-refractivity contribution in [3.8, 4) is 17.2 Å². The van der Waals surface area contributed by atoms with E-state index in [1.807, 2.05) is 54.6 Å². The van der Waals surface area contributed by atoms with E-state index in [0.717, 1.165) is 22.1 Å². The summed E-state index contributed by atoms with van der Waals surface area (Å²) in [5.41, 5.74) is 1.47. The highest BCUT2D eigenvalue weighted by molar-refractivity contribution is 6.08. The van der Waals surface area contributed by atoms with Crippen LogP contribution in [0.3, 0.4) is 0 Å². The maximum absolute atomic E-state index is 12.6. The van der Waals surface area contributed by atoms with Gasteiger partial charge in [0.05, 0.1) is 7.11 Å². The minimum Gasteiger partial charge on any atom is -0.497 e. The van der Waals surface area contributed by atoms with Gasteiger partial charge in [-0.1, -0.05) is 30.3 Å². The highest BCUT2D eigenvalue weighted by Gasteiger charge is 2.14. The normalized spacial score (nSPS) is 13.1. The van der Waals surface area contributed by atoms with Crippen LogP contribution >= 0.6 is 0 Å². The molecule has 3 aromatic carbocycles. The van der Waals surface area contributed by atoms with E-state index in [2.05, 4.69) is 0 Å². The molecule has 130 valence electrons. The number of ketones is 1. The summed E-state index contributed by atoms with van der Waals surface area (Å²) in [6.07, 6.45) is 3.34. The number of hydrogen-bond donors (Lipinski definition) is 0. The van der Waals surface area contributed by atoms with Crippen molar-refractivity contribution in [1.29, 1.82) is 0 Å². The minimum absolute atomic E-state index is 0.0583. The van der Waals surface area contributed by atoms with Crippen molar-refractivity contribution in [2.24, 2.45) is 0 Å². The zero-order chi connectivity index (χ0) is 17.9. The number of ether oxygens (including phenoxy) is 3. The molecule has 26 heavy (non-hydrogen) atoms. The van der Waals surface area contributed by atoms with Crippen LogP contribution < -0.4 is 14.2 Å². The Morgan fingerprint density at radius 1 is 1.00 bits per heavy atom. The predicted molar refractivity (Wildman–Crippen MR) is 101 cm³/mol. The van der Waals surface area contributed by atoms with E-state index >= 15 is 0 Å². The van der Waals surface area contributed by atoms with Gasteiger partial charge in [-0.2, -0.15) is 0 Å². The third-order valence-corrected chi connectivity index (χ3v) is 4.34. The van der Waals surface area contributed by atoms with Crippen molar-refractivity contribution in [2.75, 3.05) is 20.3 Å². The molecule has 1 aliphatic rings. The smallest absolute Gasteiger partial charge is 0.185 e. The average molecular weight is 346 g/mol. The maximum atomic E-state index is 12.6. The first-order valence-electron chi connectivity index (χ1n) is 8.43. The molecule has 0 fully saturated rings. The number of rotatable bonds is 4. The number of carbonyl (C=O) groups is 1. The van der Waals surface area contributed by atoms with Crippen molar-refractivity contribution in [1.82, 2.24) is 0 Å². The molecule has 0 unspecified atom stereocenters. The quantitative estimate of drug-likeness (QED) is 0.515. The van der Waals surface area contributed by atoms with Crippen LogP contribution in [-0.4, -0.2) is 26.1 Å². The van der Waals surface area contributed by atoms with E-state index in [4.69, 9.17) is 14.2 Å². The topological polar surface area (TPSA) is 44.8 Å². The predicted octanol–water partition coefficient (Wildman–Crippen LogP) is 4.52. The molecule has 1 heterocycles. The lowest BCUT2D eigenvalue weighted by Crippen LogP contribution is -2.15. The average Bonchev–Trinajstić information content (AvgIpc) is 2.71. The molecule has 0 atom stereocenters. The van der Waals surface area contributed by atoms with E-state index in [0.29, 0.717) is 30.3 Å². The molecule has 1 aliphatic heterocycles. The third-order valence-electron chi connectivity index (χ3n) is 4.34. The molecule has 0 radical (unpaired) electrons. The number of carbonyl (C=O) groups excluding carboxylic acids is 1. The Morgan fingerprint density at radius 3 is 2.69 bits per heavy atom. The second-order valence-electron chi connectivity index (χ2n) is 6.00. The first kappa shape index (κ1) is 16.2. The zero-order valence-electron chi connectivity index (χ0n) is 14.4. The summed E-state index contributed by atoms with van der Waals surface area (Å²) >= 11 is 0. The van der Waals surface area contributed by atoms with E-state index in [-0.39, 0.29) is 5.78 Å². The maximum Gasteiger partial charge on any atom is 0.185 e. The van der Waals surface area contributed by atoms with Gasteiger partial charge < -0.3 is 14.2 Å². The van der Waals surface area contributed by atoms with Gasteiger partial charge >= 0.3 is 0 Å². The molecule has 0 saturated heterocycles. The van der Waals surface area contributed by atoms with Crippen LogP contribution in [0.25, 0.3) is 16.8 Å². The molecule has 0 aromatic heterocycles. The highest BCUT2D eigenvalue weighted by atomic mass is 16.6. The summed E-state index contributed by atoms with van der Waals surface area (Å²) in [5.74, 6) is 2.14. The van der Waals surface area contributed by atoms with Gasteiger partial charge in [-0.25, -0.2) is 0 Å². The molecule has 0 saturated carbocycles. The van der Waals surface area contributed by atoms with Gasteiger partial charge in [-0.05, 0) is 47.2 Å². The Morgan fingerprint density at radius 2 is 1.81 bits per heavy atom. The van der Waals surface area contributed by atoms with E-state index < -0.39 is 0 Å². The van der Waals surface area contributed by atoms with E-state index in [9.17, 15) is 4.79 Å². The number of methoxy groups -OCH3 is 1. The largest absolute Gasteiger partial charge is 0.497 e. The summed E-state index contributed by atoms with van der Waals surface area (Å²) in [6.45, 7) is 1.06. The van der Waals surface area contributed by atoms with Crippen LogP contribution in [0.15, 0.2) is 60.7 Å². The first-order valence-corrected chi connectivity index (χ1v) is 8.43. The Balaban J connectivity index is 1.60. The minimum atomic E-state index is -0.0583. The van der Waals surface area contributed by atoms with E-state index in [1.54, 1.807) is 19.3 Å². The van der Waals surface area contributed by atoms with Gasteiger partial charge in [-0.3, -0.25) is 4.79 Å². The fourth-order valence-corrected chi connectivity index (χ4v) is 2.99. The van der Waals surface area contributed by atoms with Gasteiger partial charge in [0, 0.05) is 11.1 Å². The lowest BCUT2D eigenvalue weighted by atomic mass is 10.0. The van der Waals surface area contributed by atoms with Crippen LogP contribution in [0.5, 0.6) is 17.2 Å². The van der Waals surface area contributed by atoms with Crippen molar-refractivity contribution in [3.63, 3.8) is 0 Å². The second kappa shape index (κ2) is 6.92. The summed E-state index contributed by atoms with van der Waals surface area (Å²) < 4.78 is 16.5. The summed E-state index contributed by atoms with van der Waals surface area (Å²) in [7, 11) is 1.64. The monoisotopic (exact) mass is 346 g/mol. The van der Waals surface area contributed by atoms with Crippen molar-refractivity contribution >= 4 is 22.6 Å². The Hall–Kier alpha value is -3.27. The highest BCUT2D eigenvalue weighted by Crippen LogP contribution is 2.34. The second-order valence-corrected chi connectivity index (χ2v) is 6.00. The standard InChI is InChI=1S/C22H18O4/c1-24-19-9-7-16-13-18(6-5-17(16)14-19)20(23)10-8-15-3-2-4-21-22(15)26-12-11-25-21/h2-10,13-14H,11-12H2,1H3/b10-8+. The molecule has 4 nitrogen and oxygen atoms in total. The Kier molecular flexibility index (Phi) is 4.32. The molecular weight excluding hydrogens is 328 g/mol. The number of fused-ring (bicyclic) bond motifs is 2. The lowest BCUT2D eigenvalue weighted by molar-refractivity contribution is 0.104. The van der Waals surface area contributed by atoms with Crippen LogP contribution in [0, 0.1) is 0 Å². The van der Waals surface area contributed by atoms with Crippen LogP contribution in [0.4, 0.5) is 0 Å². The molecule has 0 spiro atoms. The Labute approximate surface area is 151 Å². The Bertz CT molecular complexity index is 1000. The van der Waals surface area contributed by atoms with Gasteiger partial charge in [0.15, 0.2) is 17.3 Å². The van der Waals surface area contributed by atoms with Gasteiger partial charge in [0.25, 0.3) is 0 Å². The van der Waals surface area contributed by atoms with Gasteiger partial charge in [-0.15, -0.1) is 0 Å². The van der Waals surface area contributed by atoms with Crippen molar-refractivity contribution < 1.29 is 19.0 Å². The fraction of sp³-hybridized carbons (Fsp3) is 0.136. The van der Waals surface area contributed by atoms with Gasteiger partial charge in [0.1, 0.15) is 19.0 Å². The number of benzene rings is 3. The SMILES string of the molecule is COc1ccc2cc(C(=O)/C=C/c3cccc4c3OCCO4)ccc2c1.